The molecule has 2 aromatic carbocycles. The second-order valence-electron chi connectivity index (χ2n) is 5.28. The summed E-state index contributed by atoms with van der Waals surface area (Å²) >= 11 is 0. The fraction of sp³-hybridized carbons (Fsp3) is 0.222. The molecule has 0 atom stereocenters. The van der Waals surface area contributed by atoms with Crippen molar-refractivity contribution in [3.63, 3.8) is 0 Å². The first-order valence-corrected chi connectivity index (χ1v) is 7.44. The van der Waals surface area contributed by atoms with Crippen LogP contribution in [0.2, 0.25) is 0 Å². The maximum absolute atomic E-state index is 12.3. The largest absolute Gasteiger partial charge is 0.359 e. The van der Waals surface area contributed by atoms with Crippen LogP contribution in [-0.2, 0) is 17.8 Å². The molecule has 0 radical (unpaired) electrons. The van der Waals surface area contributed by atoms with E-state index >= 15 is 0 Å². The molecule has 2 rings (SSSR count). The molecule has 0 heterocycles. The van der Waals surface area contributed by atoms with E-state index in [-0.39, 0.29) is 18.4 Å². The van der Waals surface area contributed by atoms with Crippen LogP contribution in [0.1, 0.15) is 11.1 Å². The van der Waals surface area contributed by atoms with Crippen LogP contribution in [0.4, 0.5) is 10.5 Å². The van der Waals surface area contributed by atoms with Crippen LogP contribution < -0.4 is 10.6 Å². The third-order valence-electron chi connectivity index (χ3n) is 3.50. The second-order valence-corrected chi connectivity index (χ2v) is 5.28. The Labute approximate surface area is 136 Å². The van der Waals surface area contributed by atoms with Crippen molar-refractivity contribution in [2.24, 2.45) is 0 Å². The second kappa shape index (κ2) is 7.98. The monoisotopic (exact) mass is 311 g/mol. The fourth-order valence-electron chi connectivity index (χ4n) is 2.20. The molecule has 0 saturated heterocycles. The molecule has 2 aromatic rings. The van der Waals surface area contributed by atoms with Gasteiger partial charge in [0.2, 0.25) is 5.91 Å². The summed E-state index contributed by atoms with van der Waals surface area (Å²) in [7, 11) is 3.33. The SMILES string of the molecule is CNC(=O)Cc1ccccc1NC(=O)N(C)Cc1ccccc1. The molecule has 23 heavy (non-hydrogen) atoms. The third kappa shape index (κ3) is 4.85. The van der Waals surface area contributed by atoms with Crippen molar-refractivity contribution >= 4 is 17.6 Å². The number of hydrogen-bond donors (Lipinski definition) is 2. The van der Waals surface area contributed by atoms with Gasteiger partial charge in [-0.15, -0.1) is 0 Å². The number of carbonyl (C=O) groups is 2. The van der Waals surface area contributed by atoms with E-state index in [2.05, 4.69) is 10.6 Å². The molecule has 5 heteroatoms. The number of rotatable bonds is 5. The minimum atomic E-state index is -0.210. The van der Waals surface area contributed by atoms with Crippen LogP contribution in [-0.4, -0.2) is 30.9 Å². The van der Waals surface area contributed by atoms with Gasteiger partial charge < -0.3 is 15.5 Å². The van der Waals surface area contributed by atoms with Gasteiger partial charge >= 0.3 is 6.03 Å². The van der Waals surface area contributed by atoms with E-state index in [0.29, 0.717) is 12.2 Å². The van der Waals surface area contributed by atoms with Gasteiger partial charge in [0.1, 0.15) is 0 Å². The Morgan fingerprint density at radius 3 is 2.35 bits per heavy atom. The Balaban J connectivity index is 2.03. The number of para-hydroxylation sites is 1. The summed E-state index contributed by atoms with van der Waals surface area (Å²) in [4.78, 5) is 25.5. The van der Waals surface area contributed by atoms with Crippen LogP contribution in [0.15, 0.2) is 54.6 Å². The lowest BCUT2D eigenvalue weighted by molar-refractivity contribution is -0.119. The summed E-state index contributed by atoms with van der Waals surface area (Å²) in [6.07, 6.45) is 0.232. The topological polar surface area (TPSA) is 61.4 Å². The van der Waals surface area contributed by atoms with Gasteiger partial charge in [-0.25, -0.2) is 4.79 Å². The van der Waals surface area contributed by atoms with Crippen LogP contribution in [0.25, 0.3) is 0 Å². The van der Waals surface area contributed by atoms with Crippen LogP contribution in [0.3, 0.4) is 0 Å². The Morgan fingerprint density at radius 2 is 1.65 bits per heavy atom. The Bertz CT molecular complexity index is 671. The standard InChI is InChI=1S/C18H21N3O2/c1-19-17(22)12-15-10-6-7-11-16(15)20-18(23)21(2)13-14-8-4-3-5-9-14/h3-11H,12-13H2,1-2H3,(H,19,22)(H,20,23). The van der Waals surface area contributed by atoms with Gasteiger partial charge in [0.15, 0.2) is 0 Å². The lowest BCUT2D eigenvalue weighted by atomic mass is 10.1. The van der Waals surface area contributed by atoms with Crippen molar-refractivity contribution in [2.75, 3.05) is 19.4 Å². The highest BCUT2D eigenvalue weighted by atomic mass is 16.2. The molecule has 0 saturated carbocycles. The lowest BCUT2D eigenvalue weighted by Crippen LogP contribution is -2.31. The van der Waals surface area contributed by atoms with E-state index in [4.69, 9.17) is 0 Å². The minimum Gasteiger partial charge on any atom is -0.359 e. The number of nitrogens with one attached hydrogen (secondary N) is 2. The summed E-state index contributed by atoms with van der Waals surface area (Å²) in [5.74, 6) is -0.0932. The number of likely N-dealkylation sites (N-methyl/N-ethyl adjacent to an activating group) is 1. The lowest BCUT2D eigenvalue weighted by Gasteiger charge is -2.19. The summed E-state index contributed by atoms with van der Waals surface area (Å²) in [5, 5.41) is 5.45. The molecule has 0 aliphatic rings. The van der Waals surface area contributed by atoms with Crippen LogP contribution in [0, 0.1) is 0 Å². The van der Waals surface area contributed by atoms with Gasteiger partial charge in [-0.2, -0.15) is 0 Å². The van der Waals surface area contributed by atoms with Crippen LogP contribution in [0.5, 0.6) is 0 Å². The molecule has 5 nitrogen and oxygen atoms in total. The van der Waals surface area contributed by atoms with Crippen molar-refractivity contribution in [3.05, 3.63) is 65.7 Å². The highest BCUT2D eigenvalue weighted by Gasteiger charge is 2.12. The average molecular weight is 311 g/mol. The predicted molar refractivity (Wildman–Crippen MR) is 91.1 cm³/mol. The van der Waals surface area contributed by atoms with Crippen molar-refractivity contribution in [1.29, 1.82) is 0 Å². The quantitative estimate of drug-likeness (QED) is 0.891. The van der Waals surface area contributed by atoms with Gasteiger partial charge in [-0.3, -0.25) is 4.79 Å². The molecule has 0 fully saturated rings. The minimum absolute atomic E-state index is 0.0932. The Kier molecular flexibility index (Phi) is 5.74. The van der Waals surface area contributed by atoms with Gasteiger partial charge in [-0.1, -0.05) is 48.5 Å². The third-order valence-corrected chi connectivity index (χ3v) is 3.50. The molecule has 0 bridgehead atoms. The average Bonchev–Trinajstić information content (AvgIpc) is 2.57. The van der Waals surface area contributed by atoms with E-state index in [9.17, 15) is 9.59 Å². The predicted octanol–water partition coefficient (Wildman–Crippen LogP) is 2.64. The highest BCUT2D eigenvalue weighted by Crippen LogP contribution is 2.16. The van der Waals surface area contributed by atoms with Crippen molar-refractivity contribution in [2.45, 2.75) is 13.0 Å². The zero-order valence-electron chi connectivity index (χ0n) is 13.4. The molecule has 0 aromatic heterocycles. The van der Waals surface area contributed by atoms with Crippen LogP contribution >= 0.6 is 0 Å². The molecule has 120 valence electrons. The zero-order valence-corrected chi connectivity index (χ0v) is 13.4. The number of urea groups is 1. The molecular weight excluding hydrogens is 290 g/mol. The summed E-state index contributed by atoms with van der Waals surface area (Å²) in [6.45, 7) is 0.518. The number of nitrogens with zero attached hydrogens (tertiary/aromatic N) is 1. The molecule has 0 aliphatic carbocycles. The molecule has 0 unspecified atom stereocenters. The van der Waals surface area contributed by atoms with Gasteiger partial charge in [0.05, 0.1) is 6.42 Å². The smallest absolute Gasteiger partial charge is 0.321 e. The van der Waals surface area contributed by atoms with Crippen molar-refractivity contribution in [1.82, 2.24) is 10.2 Å². The molecular formula is C18H21N3O2. The molecule has 2 N–H and O–H groups in total. The summed E-state index contributed by atoms with van der Waals surface area (Å²) in [5.41, 5.74) is 2.50. The number of anilines is 1. The normalized spacial score (nSPS) is 10.0. The van der Waals surface area contributed by atoms with Crippen molar-refractivity contribution < 1.29 is 9.59 Å². The number of hydrogen-bond acceptors (Lipinski definition) is 2. The Morgan fingerprint density at radius 1 is 1.00 bits per heavy atom. The maximum atomic E-state index is 12.3. The zero-order chi connectivity index (χ0) is 16.7. The van der Waals surface area contributed by atoms with Gasteiger partial charge in [0, 0.05) is 26.3 Å². The first-order chi connectivity index (χ1) is 11.1. The van der Waals surface area contributed by atoms with E-state index in [1.807, 2.05) is 48.5 Å². The number of amides is 3. The van der Waals surface area contributed by atoms with E-state index in [0.717, 1.165) is 11.1 Å². The Hall–Kier alpha value is -2.82. The molecule has 0 spiro atoms. The first-order valence-electron chi connectivity index (χ1n) is 7.44. The fourth-order valence-corrected chi connectivity index (χ4v) is 2.20. The van der Waals surface area contributed by atoms with E-state index < -0.39 is 0 Å². The van der Waals surface area contributed by atoms with E-state index in [1.54, 1.807) is 25.1 Å². The summed E-state index contributed by atoms with van der Waals surface area (Å²) < 4.78 is 0. The number of carbonyl (C=O) groups excluding carboxylic acids is 2. The molecule has 3 amide bonds. The van der Waals surface area contributed by atoms with Gasteiger partial charge in [-0.05, 0) is 17.2 Å². The highest BCUT2D eigenvalue weighted by molar-refractivity contribution is 5.91. The first kappa shape index (κ1) is 16.5. The van der Waals surface area contributed by atoms with Gasteiger partial charge in [0.25, 0.3) is 0 Å². The number of benzene rings is 2. The maximum Gasteiger partial charge on any atom is 0.321 e. The summed E-state index contributed by atoms with van der Waals surface area (Å²) in [6, 6.07) is 16.9. The molecule has 0 aliphatic heterocycles. The van der Waals surface area contributed by atoms with Crippen molar-refractivity contribution in [3.8, 4) is 0 Å². The van der Waals surface area contributed by atoms with E-state index in [1.165, 1.54) is 0 Å².